The molecule has 4 nitrogen and oxygen atoms in total. The Bertz CT molecular complexity index is 691. The molecule has 6 heteroatoms. The molecule has 0 spiro atoms. The number of carbonyl (C=O) groups is 1. The molecule has 0 saturated carbocycles. The summed E-state index contributed by atoms with van der Waals surface area (Å²) in [6.45, 7) is 1.24. The lowest BCUT2D eigenvalue weighted by molar-refractivity contribution is -0.121. The molecular weight excluding hydrogens is 325 g/mol. The van der Waals surface area contributed by atoms with Gasteiger partial charge in [0, 0.05) is 34.5 Å². The van der Waals surface area contributed by atoms with E-state index in [1.807, 2.05) is 4.90 Å². The van der Waals surface area contributed by atoms with Crippen molar-refractivity contribution in [2.24, 2.45) is 11.7 Å². The Morgan fingerprint density at radius 2 is 2.25 bits per heavy atom. The molecule has 1 aliphatic rings. The van der Waals surface area contributed by atoms with Crippen LogP contribution in [0, 0.1) is 11.7 Å². The number of anilines is 1. The van der Waals surface area contributed by atoms with Crippen molar-refractivity contribution < 1.29 is 9.18 Å². The van der Waals surface area contributed by atoms with Crippen molar-refractivity contribution >= 4 is 38.4 Å². The maximum absolute atomic E-state index is 13.5. The van der Waals surface area contributed by atoms with Crippen LogP contribution in [-0.4, -0.2) is 24.0 Å². The number of pyridine rings is 1. The van der Waals surface area contributed by atoms with Crippen LogP contribution < -0.4 is 10.6 Å². The molecule has 0 bridgehead atoms. The summed E-state index contributed by atoms with van der Waals surface area (Å²) in [5.74, 6) is -0.0556. The normalized spacial score (nSPS) is 18.7. The number of carbonyl (C=O) groups excluding carboxylic acids is 1. The van der Waals surface area contributed by atoms with Crippen molar-refractivity contribution in [3.05, 3.63) is 34.7 Å². The zero-order valence-electron chi connectivity index (χ0n) is 10.6. The van der Waals surface area contributed by atoms with Crippen LogP contribution in [0.25, 0.3) is 10.8 Å². The highest BCUT2D eigenvalue weighted by Crippen LogP contribution is 2.33. The Labute approximate surface area is 123 Å². The van der Waals surface area contributed by atoms with Crippen LogP contribution in [0.3, 0.4) is 0 Å². The predicted molar refractivity (Wildman–Crippen MR) is 78.9 cm³/mol. The third kappa shape index (κ3) is 2.24. The first kappa shape index (κ1) is 13.3. The maximum atomic E-state index is 13.5. The molecule has 0 aliphatic carbocycles. The van der Waals surface area contributed by atoms with E-state index in [2.05, 4.69) is 20.9 Å². The zero-order valence-corrected chi connectivity index (χ0v) is 12.2. The van der Waals surface area contributed by atoms with Crippen LogP contribution in [0.15, 0.2) is 28.9 Å². The number of nitrogens with two attached hydrogens (primary N) is 1. The number of nitrogens with zero attached hydrogens (tertiary/aromatic N) is 2. The van der Waals surface area contributed by atoms with Gasteiger partial charge in [0.05, 0.1) is 5.92 Å². The fourth-order valence-corrected chi connectivity index (χ4v) is 3.05. The SMILES string of the molecule is NC(=O)[C@H]1CCN(c2ncc(Br)c3ccc(F)cc23)C1. The number of hydrogen-bond acceptors (Lipinski definition) is 3. The fourth-order valence-electron chi connectivity index (χ4n) is 2.60. The second kappa shape index (κ2) is 5.01. The van der Waals surface area contributed by atoms with Gasteiger partial charge in [0.25, 0.3) is 0 Å². The van der Waals surface area contributed by atoms with Crippen LogP contribution in [-0.2, 0) is 4.79 Å². The molecule has 1 amide bonds. The number of rotatable bonds is 2. The third-order valence-corrected chi connectivity index (χ3v) is 4.30. The first-order chi connectivity index (χ1) is 9.56. The van der Waals surface area contributed by atoms with Crippen molar-refractivity contribution in [1.29, 1.82) is 0 Å². The van der Waals surface area contributed by atoms with E-state index in [0.29, 0.717) is 25.3 Å². The molecule has 3 rings (SSSR count). The smallest absolute Gasteiger partial charge is 0.222 e. The minimum atomic E-state index is -0.302. The minimum absolute atomic E-state index is 0.163. The second-order valence-corrected chi connectivity index (χ2v) is 5.81. The molecule has 0 unspecified atom stereocenters. The number of amides is 1. The highest BCUT2D eigenvalue weighted by Gasteiger charge is 2.28. The van der Waals surface area contributed by atoms with Crippen LogP contribution in [0.1, 0.15) is 6.42 Å². The topological polar surface area (TPSA) is 59.2 Å². The monoisotopic (exact) mass is 337 g/mol. The Morgan fingerprint density at radius 3 is 2.95 bits per heavy atom. The van der Waals surface area contributed by atoms with E-state index in [0.717, 1.165) is 15.2 Å². The largest absolute Gasteiger partial charge is 0.369 e. The molecule has 1 atom stereocenters. The van der Waals surface area contributed by atoms with Crippen molar-refractivity contribution in [2.45, 2.75) is 6.42 Å². The highest BCUT2D eigenvalue weighted by molar-refractivity contribution is 9.10. The number of hydrogen-bond donors (Lipinski definition) is 1. The molecular formula is C14H13BrFN3O. The van der Waals surface area contributed by atoms with Gasteiger partial charge in [-0.05, 0) is 34.5 Å². The quantitative estimate of drug-likeness (QED) is 0.915. The van der Waals surface area contributed by atoms with Crippen LogP contribution in [0.4, 0.5) is 10.2 Å². The molecule has 0 radical (unpaired) electrons. The van der Waals surface area contributed by atoms with E-state index in [4.69, 9.17) is 5.73 Å². The average Bonchev–Trinajstić information content (AvgIpc) is 2.88. The molecule has 2 aromatic rings. The van der Waals surface area contributed by atoms with Crippen LogP contribution in [0.5, 0.6) is 0 Å². The van der Waals surface area contributed by atoms with Gasteiger partial charge in [-0.3, -0.25) is 4.79 Å². The zero-order chi connectivity index (χ0) is 14.3. The lowest BCUT2D eigenvalue weighted by atomic mass is 10.1. The standard InChI is InChI=1S/C14H13BrFN3O/c15-12-6-18-14(11-5-9(16)1-2-10(11)12)19-4-3-8(7-19)13(17)20/h1-2,5-6,8H,3-4,7H2,(H2,17,20)/t8-/m0/s1. The number of aromatic nitrogens is 1. The molecule has 1 aliphatic heterocycles. The van der Waals surface area contributed by atoms with E-state index in [9.17, 15) is 9.18 Å². The molecule has 2 N–H and O–H groups in total. The summed E-state index contributed by atoms with van der Waals surface area (Å²) in [4.78, 5) is 17.6. The van der Waals surface area contributed by atoms with Crippen LogP contribution in [0.2, 0.25) is 0 Å². The van der Waals surface area contributed by atoms with E-state index in [1.54, 1.807) is 12.3 Å². The van der Waals surface area contributed by atoms with E-state index < -0.39 is 0 Å². The van der Waals surface area contributed by atoms with Crippen molar-refractivity contribution in [1.82, 2.24) is 4.98 Å². The van der Waals surface area contributed by atoms with Gasteiger partial charge in [-0.15, -0.1) is 0 Å². The molecule has 2 heterocycles. The summed E-state index contributed by atoms with van der Waals surface area (Å²) in [6.07, 6.45) is 2.41. The molecule has 104 valence electrons. The number of halogens is 2. The Balaban J connectivity index is 2.06. The minimum Gasteiger partial charge on any atom is -0.369 e. The van der Waals surface area contributed by atoms with Gasteiger partial charge in [-0.2, -0.15) is 0 Å². The molecule has 1 fully saturated rings. The van der Waals surface area contributed by atoms with Gasteiger partial charge in [0.2, 0.25) is 5.91 Å². The lowest BCUT2D eigenvalue weighted by Gasteiger charge is -2.19. The van der Waals surface area contributed by atoms with Crippen molar-refractivity contribution in [2.75, 3.05) is 18.0 Å². The Kier molecular flexibility index (Phi) is 3.33. The van der Waals surface area contributed by atoms with Gasteiger partial charge in [-0.25, -0.2) is 9.37 Å². The average molecular weight is 338 g/mol. The highest BCUT2D eigenvalue weighted by atomic mass is 79.9. The molecule has 1 aromatic heterocycles. The van der Waals surface area contributed by atoms with E-state index in [1.165, 1.54) is 12.1 Å². The van der Waals surface area contributed by atoms with Crippen molar-refractivity contribution in [3.63, 3.8) is 0 Å². The summed E-state index contributed by atoms with van der Waals surface area (Å²) < 4.78 is 14.3. The van der Waals surface area contributed by atoms with Gasteiger partial charge < -0.3 is 10.6 Å². The van der Waals surface area contributed by atoms with Crippen molar-refractivity contribution in [3.8, 4) is 0 Å². The van der Waals surface area contributed by atoms with Gasteiger partial charge in [0.1, 0.15) is 11.6 Å². The molecule has 20 heavy (non-hydrogen) atoms. The summed E-state index contributed by atoms with van der Waals surface area (Å²) in [6, 6.07) is 4.62. The molecule has 1 aromatic carbocycles. The van der Waals surface area contributed by atoms with Gasteiger partial charge in [0.15, 0.2) is 0 Å². The maximum Gasteiger partial charge on any atom is 0.222 e. The predicted octanol–water partition coefficient (Wildman–Crippen LogP) is 2.45. The second-order valence-electron chi connectivity index (χ2n) is 4.95. The lowest BCUT2D eigenvalue weighted by Crippen LogP contribution is -2.27. The fraction of sp³-hybridized carbons (Fsp3) is 0.286. The first-order valence-electron chi connectivity index (χ1n) is 6.34. The summed E-state index contributed by atoms with van der Waals surface area (Å²) >= 11 is 3.42. The third-order valence-electron chi connectivity index (χ3n) is 3.67. The Hall–Kier alpha value is -1.69. The number of fused-ring (bicyclic) bond motifs is 1. The summed E-state index contributed by atoms with van der Waals surface area (Å²) in [5, 5.41) is 1.64. The molecule has 1 saturated heterocycles. The van der Waals surface area contributed by atoms with Gasteiger partial charge in [-0.1, -0.05) is 6.07 Å². The first-order valence-corrected chi connectivity index (χ1v) is 7.13. The summed E-state index contributed by atoms with van der Waals surface area (Å²) in [7, 11) is 0. The van der Waals surface area contributed by atoms with Gasteiger partial charge >= 0.3 is 0 Å². The number of primary amides is 1. The Morgan fingerprint density at radius 1 is 1.45 bits per heavy atom. The summed E-state index contributed by atoms with van der Waals surface area (Å²) in [5.41, 5.74) is 5.35. The number of benzene rings is 1. The van der Waals surface area contributed by atoms with E-state index >= 15 is 0 Å². The van der Waals surface area contributed by atoms with E-state index in [-0.39, 0.29) is 17.6 Å². The van der Waals surface area contributed by atoms with Crippen LogP contribution >= 0.6 is 15.9 Å².